The van der Waals surface area contributed by atoms with Crippen molar-refractivity contribution < 1.29 is 0 Å². The van der Waals surface area contributed by atoms with E-state index in [1.807, 2.05) is 0 Å². The summed E-state index contributed by atoms with van der Waals surface area (Å²) in [6.45, 7) is 5.45. The Morgan fingerprint density at radius 2 is 1.47 bits per heavy atom. The van der Waals surface area contributed by atoms with Crippen molar-refractivity contribution in [3.8, 4) is 0 Å². The molecule has 3 heteroatoms. The maximum Gasteiger partial charge on any atom is 0.0235 e. The van der Waals surface area contributed by atoms with Gasteiger partial charge in [0, 0.05) is 31.2 Å². The van der Waals surface area contributed by atoms with E-state index in [0.29, 0.717) is 0 Å². The summed E-state index contributed by atoms with van der Waals surface area (Å²) in [7, 11) is 2.12. The van der Waals surface area contributed by atoms with Crippen LogP contribution in [0.5, 0.6) is 0 Å². The summed E-state index contributed by atoms with van der Waals surface area (Å²) in [6, 6.07) is 2.55. The summed E-state index contributed by atoms with van der Waals surface area (Å²) < 4.78 is 0. The molecule has 0 aromatic carbocycles. The molecule has 0 amide bonds. The topological polar surface area (TPSA) is 18.5 Å². The summed E-state index contributed by atoms with van der Waals surface area (Å²) in [5.74, 6) is 0. The Morgan fingerprint density at radius 1 is 0.737 bits per heavy atom. The van der Waals surface area contributed by atoms with E-state index in [9.17, 15) is 0 Å². The summed E-state index contributed by atoms with van der Waals surface area (Å²) >= 11 is 0. The Labute approximate surface area is 118 Å². The highest BCUT2D eigenvalue weighted by Gasteiger charge is 2.33. The first-order valence-electron chi connectivity index (χ1n) is 8.52. The predicted molar refractivity (Wildman–Crippen MR) is 80.5 cm³/mol. The monoisotopic (exact) mass is 265 g/mol. The Hall–Kier alpha value is -0.120. The second-order valence-corrected chi connectivity index (χ2v) is 6.83. The molecule has 0 aromatic heterocycles. The van der Waals surface area contributed by atoms with Crippen molar-refractivity contribution in [3.63, 3.8) is 0 Å². The average Bonchev–Trinajstić information content (AvgIpc) is 2.98. The molecule has 1 aliphatic carbocycles. The van der Waals surface area contributed by atoms with Gasteiger partial charge in [0.1, 0.15) is 0 Å². The molecule has 3 rings (SSSR count). The first kappa shape index (κ1) is 13.8. The molecule has 1 atom stereocenters. The lowest BCUT2D eigenvalue weighted by Gasteiger charge is -2.36. The highest BCUT2D eigenvalue weighted by Crippen LogP contribution is 2.28. The van der Waals surface area contributed by atoms with E-state index >= 15 is 0 Å². The number of rotatable bonds is 3. The molecule has 1 unspecified atom stereocenters. The van der Waals surface area contributed by atoms with E-state index < -0.39 is 0 Å². The molecule has 0 radical (unpaired) electrons. The maximum absolute atomic E-state index is 3.45. The van der Waals surface area contributed by atoms with E-state index in [2.05, 4.69) is 22.2 Å². The molecule has 19 heavy (non-hydrogen) atoms. The predicted octanol–water partition coefficient (Wildman–Crippen LogP) is 2.08. The molecule has 3 nitrogen and oxygen atoms in total. The number of nitrogens with one attached hydrogen (secondary N) is 1. The van der Waals surface area contributed by atoms with Gasteiger partial charge >= 0.3 is 0 Å². The minimum atomic E-state index is 0.789. The van der Waals surface area contributed by atoms with Gasteiger partial charge in [-0.1, -0.05) is 6.42 Å². The van der Waals surface area contributed by atoms with Gasteiger partial charge in [-0.05, 0) is 65.1 Å². The SMILES string of the molecule is CNC1CCC(N2CCC(N3CCCCC3)C2)CC1. The van der Waals surface area contributed by atoms with Crippen molar-refractivity contribution in [3.05, 3.63) is 0 Å². The highest BCUT2D eigenvalue weighted by molar-refractivity contribution is 4.90. The van der Waals surface area contributed by atoms with Crippen LogP contribution in [0.15, 0.2) is 0 Å². The zero-order valence-electron chi connectivity index (χ0n) is 12.6. The number of likely N-dealkylation sites (tertiary alicyclic amines) is 2. The Morgan fingerprint density at radius 3 is 2.16 bits per heavy atom. The van der Waals surface area contributed by atoms with Crippen LogP contribution in [-0.2, 0) is 0 Å². The Kier molecular flexibility index (Phi) is 4.78. The second-order valence-electron chi connectivity index (χ2n) is 6.83. The fourth-order valence-electron chi connectivity index (χ4n) is 4.41. The van der Waals surface area contributed by atoms with Crippen LogP contribution in [0.1, 0.15) is 51.4 Å². The molecule has 0 aromatic rings. The van der Waals surface area contributed by atoms with E-state index in [1.54, 1.807) is 0 Å². The molecule has 2 saturated heterocycles. The number of nitrogens with zero attached hydrogens (tertiary/aromatic N) is 2. The fraction of sp³-hybridized carbons (Fsp3) is 1.00. The molecule has 3 aliphatic rings. The van der Waals surface area contributed by atoms with E-state index in [-0.39, 0.29) is 0 Å². The van der Waals surface area contributed by atoms with Gasteiger partial charge in [-0.15, -0.1) is 0 Å². The maximum atomic E-state index is 3.45. The first-order chi connectivity index (χ1) is 9.36. The van der Waals surface area contributed by atoms with Crippen molar-refractivity contribution in [2.45, 2.75) is 69.5 Å². The zero-order valence-corrected chi connectivity index (χ0v) is 12.6. The van der Waals surface area contributed by atoms with Crippen LogP contribution in [0, 0.1) is 0 Å². The molecule has 2 aliphatic heterocycles. The van der Waals surface area contributed by atoms with Crippen LogP contribution < -0.4 is 5.32 Å². The van der Waals surface area contributed by atoms with Gasteiger partial charge in [-0.3, -0.25) is 9.80 Å². The first-order valence-corrected chi connectivity index (χ1v) is 8.52. The summed E-state index contributed by atoms with van der Waals surface area (Å²) in [5, 5.41) is 3.45. The highest BCUT2D eigenvalue weighted by atomic mass is 15.3. The van der Waals surface area contributed by atoms with Crippen molar-refractivity contribution in [1.82, 2.24) is 15.1 Å². The van der Waals surface area contributed by atoms with E-state index in [4.69, 9.17) is 0 Å². The number of piperidine rings is 1. The van der Waals surface area contributed by atoms with Gasteiger partial charge in [0.15, 0.2) is 0 Å². The zero-order chi connectivity index (χ0) is 13.1. The summed E-state index contributed by atoms with van der Waals surface area (Å²) in [4.78, 5) is 5.59. The smallest absolute Gasteiger partial charge is 0.0235 e. The lowest BCUT2D eigenvalue weighted by molar-refractivity contribution is 0.135. The quantitative estimate of drug-likeness (QED) is 0.843. The third-order valence-corrected chi connectivity index (χ3v) is 5.72. The van der Waals surface area contributed by atoms with Crippen molar-refractivity contribution in [2.75, 3.05) is 33.2 Å². The van der Waals surface area contributed by atoms with Gasteiger partial charge in [0.2, 0.25) is 0 Å². The lowest BCUT2D eigenvalue weighted by atomic mass is 9.90. The second kappa shape index (κ2) is 6.55. The van der Waals surface area contributed by atoms with Gasteiger partial charge in [0.05, 0.1) is 0 Å². The molecule has 3 fully saturated rings. The van der Waals surface area contributed by atoms with Crippen LogP contribution in [-0.4, -0.2) is 61.2 Å². The summed E-state index contributed by atoms with van der Waals surface area (Å²) in [6.07, 6.45) is 11.3. The molecule has 2 heterocycles. The molecule has 0 bridgehead atoms. The molecule has 1 saturated carbocycles. The normalized spacial score (nSPS) is 38.7. The largest absolute Gasteiger partial charge is 0.317 e. The molecule has 110 valence electrons. The van der Waals surface area contributed by atoms with Crippen LogP contribution in [0.2, 0.25) is 0 Å². The molecular formula is C16H31N3. The Bertz CT molecular complexity index is 267. The third-order valence-electron chi connectivity index (χ3n) is 5.72. The molecular weight excluding hydrogens is 234 g/mol. The van der Waals surface area contributed by atoms with Gasteiger partial charge in [-0.25, -0.2) is 0 Å². The number of hydrogen-bond acceptors (Lipinski definition) is 3. The number of hydrogen-bond donors (Lipinski definition) is 1. The van der Waals surface area contributed by atoms with Gasteiger partial charge < -0.3 is 5.32 Å². The van der Waals surface area contributed by atoms with Crippen molar-refractivity contribution in [2.24, 2.45) is 0 Å². The van der Waals surface area contributed by atoms with Crippen LogP contribution in [0.4, 0.5) is 0 Å². The van der Waals surface area contributed by atoms with Crippen molar-refractivity contribution >= 4 is 0 Å². The minimum absolute atomic E-state index is 0.789. The standard InChI is InChI=1S/C16H31N3/c1-17-14-5-7-15(8-6-14)19-12-9-16(13-19)18-10-3-2-4-11-18/h14-17H,2-13H2,1H3. The van der Waals surface area contributed by atoms with Crippen LogP contribution >= 0.6 is 0 Å². The van der Waals surface area contributed by atoms with Gasteiger partial charge in [-0.2, -0.15) is 0 Å². The van der Waals surface area contributed by atoms with Crippen LogP contribution in [0.25, 0.3) is 0 Å². The van der Waals surface area contributed by atoms with E-state index in [1.165, 1.54) is 77.5 Å². The minimum Gasteiger partial charge on any atom is -0.317 e. The Balaban J connectivity index is 1.46. The van der Waals surface area contributed by atoms with E-state index in [0.717, 1.165) is 18.1 Å². The molecule has 1 N–H and O–H groups in total. The van der Waals surface area contributed by atoms with Crippen LogP contribution in [0.3, 0.4) is 0 Å². The van der Waals surface area contributed by atoms with Gasteiger partial charge in [0.25, 0.3) is 0 Å². The average molecular weight is 265 g/mol. The summed E-state index contributed by atoms with van der Waals surface area (Å²) in [5.41, 5.74) is 0. The lowest BCUT2D eigenvalue weighted by Crippen LogP contribution is -2.44. The van der Waals surface area contributed by atoms with Crippen molar-refractivity contribution in [1.29, 1.82) is 0 Å². The fourth-order valence-corrected chi connectivity index (χ4v) is 4.41. The molecule has 0 spiro atoms. The third kappa shape index (κ3) is 3.32.